The van der Waals surface area contributed by atoms with Gasteiger partial charge in [0, 0.05) is 15.6 Å². The molecule has 116 valence electrons. The number of anilines is 1. The van der Waals surface area contributed by atoms with E-state index in [1.54, 1.807) is 49.6 Å². The second kappa shape index (κ2) is 6.62. The summed E-state index contributed by atoms with van der Waals surface area (Å²) >= 11 is 3.32. The van der Waals surface area contributed by atoms with Crippen molar-refractivity contribution in [3.8, 4) is 17.2 Å². The van der Waals surface area contributed by atoms with Gasteiger partial charge in [-0.3, -0.25) is 10.1 Å². The Morgan fingerprint density at radius 3 is 2.65 bits per heavy atom. The van der Waals surface area contributed by atoms with Gasteiger partial charge in [-0.15, -0.1) is 5.10 Å². The minimum atomic E-state index is -0.323. The van der Waals surface area contributed by atoms with Crippen LogP contribution in [0.3, 0.4) is 0 Å². The van der Waals surface area contributed by atoms with E-state index in [1.165, 1.54) is 0 Å². The Kier molecular flexibility index (Phi) is 4.38. The molecule has 0 aliphatic heterocycles. The molecule has 0 aliphatic rings. The van der Waals surface area contributed by atoms with Crippen LogP contribution in [-0.2, 0) is 0 Å². The average Bonchev–Trinajstić information content (AvgIpc) is 3.03. The standard InChI is InChI=1S/C16H12BrN3O3/c1-22-13-7-5-10(6-8-13)15-19-20-16(23-15)18-14(21)11-3-2-4-12(17)9-11/h2-9H,1H3,(H,18,20,21). The van der Waals surface area contributed by atoms with Crippen LogP contribution < -0.4 is 10.1 Å². The van der Waals surface area contributed by atoms with Gasteiger partial charge in [0.2, 0.25) is 5.89 Å². The molecule has 0 fully saturated rings. The molecule has 0 saturated heterocycles. The minimum Gasteiger partial charge on any atom is -0.497 e. The fraction of sp³-hybridized carbons (Fsp3) is 0.0625. The normalized spacial score (nSPS) is 10.3. The number of rotatable bonds is 4. The van der Waals surface area contributed by atoms with Gasteiger partial charge in [0.25, 0.3) is 5.91 Å². The highest BCUT2D eigenvalue weighted by molar-refractivity contribution is 9.10. The van der Waals surface area contributed by atoms with Crippen molar-refractivity contribution in [3.63, 3.8) is 0 Å². The molecule has 2 aromatic carbocycles. The molecule has 0 saturated carbocycles. The van der Waals surface area contributed by atoms with E-state index in [1.807, 2.05) is 6.07 Å². The van der Waals surface area contributed by atoms with Gasteiger partial charge < -0.3 is 9.15 Å². The Morgan fingerprint density at radius 1 is 1.17 bits per heavy atom. The molecule has 1 heterocycles. The summed E-state index contributed by atoms with van der Waals surface area (Å²) in [5.41, 5.74) is 1.23. The summed E-state index contributed by atoms with van der Waals surface area (Å²) in [6.07, 6.45) is 0. The Morgan fingerprint density at radius 2 is 1.96 bits per heavy atom. The van der Waals surface area contributed by atoms with Crippen molar-refractivity contribution in [2.24, 2.45) is 0 Å². The first-order valence-electron chi connectivity index (χ1n) is 6.70. The number of hydrogen-bond acceptors (Lipinski definition) is 5. The minimum absolute atomic E-state index is 0.0424. The molecule has 0 bridgehead atoms. The first-order chi connectivity index (χ1) is 11.2. The summed E-state index contributed by atoms with van der Waals surface area (Å²) in [5.74, 6) is 0.727. The van der Waals surface area contributed by atoms with E-state index in [-0.39, 0.29) is 11.9 Å². The van der Waals surface area contributed by atoms with Gasteiger partial charge in [0.05, 0.1) is 7.11 Å². The topological polar surface area (TPSA) is 77.3 Å². The summed E-state index contributed by atoms with van der Waals surface area (Å²) in [4.78, 5) is 12.1. The van der Waals surface area contributed by atoms with E-state index in [4.69, 9.17) is 9.15 Å². The van der Waals surface area contributed by atoms with E-state index in [0.717, 1.165) is 15.8 Å². The number of amides is 1. The second-order valence-electron chi connectivity index (χ2n) is 4.61. The van der Waals surface area contributed by atoms with Crippen LogP contribution in [0.4, 0.5) is 6.01 Å². The molecule has 1 N–H and O–H groups in total. The van der Waals surface area contributed by atoms with E-state index in [0.29, 0.717) is 11.5 Å². The molecule has 23 heavy (non-hydrogen) atoms. The van der Waals surface area contributed by atoms with Crippen LogP contribution in [0.15, 0.2) is 57.4 Å². The number of carbonyl (C=O) groups is 1. The van der Waals surface area contributed by atoms with Gasteiger partial charge in [0.1, 0.15) is 5.75 Å². The Hall–Kier alpha value is -2.67. The third kappa shape index (κ3) is 3.57. The SMILES string of the molecule is COc1ccc(-c2nnc(NC(=O)c3cccc(Br)c3)o2)cc1. The van der Waals surface area contributed by atoms with Crippen LogP contribution in [-0.4, -0.2) is 23.2 Å². The number of methoxy groups -OCH3 is 1. The molecule has 7 heteroatoms. The molecule has 3 aromatic rings. The molecule has 0 spiro atoms. The molecule has 0 unspecified atom stereocenters. The molecule has 0 radical (unpaired) electrons. The van der Waals surface area contributed by atoms with Crippen molar-refractivity contribution < 1.29 is 13.9 Å². The Labute approximate surface area is 140 Å². The predicted octanol–water partition coefficient (Wildman–Crippen LogP) is 3.76. The highest BCUT2D eigenvalue weighted by Gasteiger charge is 2.13. The number of carbonyl (C=O) groups excluding carboxylic acids is 1. The van der Waals surface area contributed by atoms with Crippen LogP contribution in [0.25, 0.3) is 11.5 Å². The molecule has 1 aromatic heterocycles. The van der Waals surface area contributed by atoms with Crippen molar-refractivity contribution in [1.82, 2.24) is 10.2 Å². The Balaban J connectivity index is 1.75. The first-order valence-corrected chi connectivity index (χ1v) is 7.50. The largest absolute Gasteiger partial charge is 0.497 e. The number of ether oxygens (including phenoxy) is 1. The van der Waals surface area contributed by atoms with Crippen LogP contribution in [0, 0.1) is 0 Å². The molecular formula is C16H12BrN3O3. The zero-order chi connectivity index (χ0) is 16.2. The van der Waals surface area contributed by atoms with Gasteiger partial charge in [-0.1, -0.05) is 27.1 Å². The van der Waals surface area contributed by atoms with Crippen molar-refractivity contribution >= 4 is 27.9 Å². The average molecular weight is 374 g/mol. The number of nitrogens with zero attached hydrogens (tertiary/aromatic N) is 2. The zero-order valence-corrected chi connectivity index (χ0v) is 13.7. The smallest absolute Gasteiger partial charge is 0.322 e. The van der Waals surface area contributed by atoms with Crippen molar-refractivity contribution in [2.45, 2.75) is 0 Å². The fourth-order valence-electron chi connectivity index (χ4n) is 1.92. The van der Waals surface area contributed by atoms with Crippen molar-refractivity contribution in [1.29, 1.82) is 0 Å². The van der Waals surface area contributed by atoms with E-state index in [9.17, 15) is 4.79 Å². The molecule has 6 nitrogen and oxygen atoms in total. The fourth-order valence-corrected chi connectivity index (χ4v) is 2.32. The summed E-state index contributed by atoms with van der Waals surface area (Å²) in [6, 6.07) is 14.2. The highest BCUT2D eigenvalue weighted by atomic mass is 79.9. The third-order valence-electron chi connectivity index (χ3n) is 3.07. The lowest BCUT2D eigenvalue weighted by atomic mass is 10.2. The lowest BCUT2D eigenvalue weighted by Crippen LogP contribution is -2.11. The molecular weight excluding hydrogens is 362 g/mol. The maximum atomic E-state index is 12.1. The summed E-state index contributed by atoms with van der Waals surface area (Å²) in [5, 5.41) is 10.3. The number of halogens is 1. The maximum absolute atomic E-state index is 12.1. The summed E-state index contributed by atoms with van der Waals surface area (Å²) in [7, 11) is 1.59. The van der Waals surface area contributed by atoms with Gasteiger partial charge in [-0.2, -0.15) is 0 Å². The lowest BCUT2D eigenvalue weighted by Gasteiger charge is -2.01. The quantitative estimate of drug-likeness (QED) is 0.753. The number of aromatic nitrogens is 2. The van der Waals surface area contributed by atoms with Gasteiger partial charge in [-0.25, -0.2) is 0 Å². The van der Waals surface area contributed by atoms with E-state index >= 15 is 0 Å². The van der Waals surface area contributed by atoms with Crippen molar-refractivity contribution in [2.75, 3.05) is 12.4 Å². The number of hydrogen-bond donors (Lipinski definition) is 1. The lowest BCUT2D eigenvalue weighted by molar-refractivity contribution is 0.102. The van der Waals surface area contributed by atoms with Crippen molar-refractivity contribution in [3.05, 3.63) is 58.6 Å². The Bertz CT molecular complexity index is 831. The van der Waals surface area contributed by atoms with E-state index < -0.39 is 0 Å². The summed E-state index contributed by atoms with van der Waals surface area (Å²) < 4.78 is 11.4. The van der Waals surface area contributed by atoms with Crippen LogP contribution >= 0.6 is 15.9 Å². The monoisotopic (exact) mass is 373 g/mol. The van der Waals surface area contributed by atoms with Gasteiger partial charge in [0.15, 0.2) is 0 Å². The maximum Gasteiger partial charge on any atom is 0.322 e. The molecule has 0 aliphatic carbocycles. The number of nitrogens with one attached hydrogen (secondary N) is 1. The van der Waals surface area contributed by atoms with Crippen LogP contribution in [0.2, 0.25) is 0 Å². The predicted molar refractivity (Wildman–Crippen MR) is 88.4 cm³/mol. The third-order valence-corrected chi connectivity index (χ3v) is 3.56. The molecule has 0 atom stereocenters. The van der Waals surface area contributed by atoms with E-state index in [2.05, 4.69) is 31.4 Å². The van der Waals surface area contributed by atoms with Gasteiger partial charge in [-0.05, 0) is 42.5 Å². The molecule has 1 amide bonds. The first kappa shape index (κ1) is 15.2. The second-order valence-corrected chi connectivity index (χ2v) is 5.52. The van der Waals surface area contributed by atoms with Crippen LogP contribution in [0.5, 0.6) is 5.75 Å². The summed E-state index contributed by atoms with van der Waals surface area (Å²) in [6.45, 7) is 0. The van der Waals surface area contributed by atoms with Crippen LogP contribution in [0.1, 0.15) is 10.4 Å². The number of benzene rings is 2. The molecule has 3 rings (SSSR count). The van der Waals surface area contributed by atoms with Gasteiger partial charge >= 0.3 is 6.01 Å². The zero-order valence-electron chi connectivity index (χ0n) is 12.1. The highest BCUT2D eigenvalue weighted by Crippen LogP contribution is 2.22.